The Bertz CT molecular complexity index is 859. The van der Waals surface area contributed by atoms with Crippen molar-refractivity contribution in [2.75, 3.05) is 13.2 Å². The molecule has 0 bridgehead atoms. The van der Waals surface area contributed by atoms with Crippen LogP contribution >= 0.6 is 0 Å². The summed E-state index contributed by atoms with van der Waals surface area (Å²) >= 11 is 0. The topological polar surface area (TPSA) is 78.9 Å². The minimum atomic E-state index is -0.760. The first kappa shape index (κ1) is 55.4. The van der Waals surface area contributed by atoms with E-state index in [9.17, 15) is 14.4 Å². The second-order valence-electron chi connectivity index (χ2n) is 17.7. The first-order valence-electron chi connectivity index (χ1n) is 25.4. The molecule has 0 N–H and O–H groups in total. The molecule has 338 valence electrons. The highest BCUT2D eigenvalue weighted by Gasteiger charge is 2.19. The van der Waals surface area contributed by atoms with Crippen LogP contribution < -0.4 is 0 Å². The van der Waals surface area contributed by atoms with Crippen LogP contribution in [0.25, 0.3) is 0 Å². The lowest BCUT2D eigenvalue weighted by atomic mass is 9.99. The summed E-state index contributed by atoms with van der Waals surface area (Å²) in [4.78, 5) is 37.8. The number of carbonyl (C=O) groups is 3. The Morgan fingerprint density at radius 3 is 0.912 bits per heavy atom. The van der Waals surface area contributed by atoms with Crippen molar-refractivity contribution in [3.05, 3.63) is 0 Å². The Kier molecular flexibility index (Phi) is 44.2. The van der Waals surface area contributed by atoms with Gasteiger partial charge >= 0.3 is 17.9 Å². The van der Waals surface area contributed by atoms with E-state index in [-0.39, 0.29) is 31.1 Å². The second-order valence-corrected chi connectivity index (χ2v) is 17.7. The summed E-state index contributed by atoms with van der Waals surface area (Å²) < 4.78 is 16.8. The molecule has 6 heteroatoms. The highest BCUT2D eigenvalue weighted by atomic mass is 16.6. The summed E-state index contributed by atoms with van der Waals surface area (Å²) in [6.07, 6.45) is 46.5. The van der Waals surface area contributed by atoms with Gasteiger partial charge in [-0.1, -0.05) is 246 Å². The van der Waals surface area contributed by atoms with Crippen LogP contribution in [0, 0.1) is 5.92 Å². The molecule has 1 unspecified atom stereocenters. The van der Waals surface area contributed by atoms with Gasteiger partial charge in [0, 0.05) is 19.3 Å². The van der Waals surface area contributed by atoms with Gasteiger partial charge in [-0.3, -0.25) is 14.4 Å². The van der Waals surface area contributed by atoms with E-state index in [2.05, 4.69) is 27.7 Å². The van der Waals surface area contributed by atoms with Crippen molar-refractivity contribution in [3.63, 3.8) is 0 Å². The molecule has 0 aromatic rings. The van der Waals surface area contributed by atoms with Crippen molar-refractivity contribution in [3.8, 4) is 0 Å². The van der Waals surface area contributed by atoms with Gasteiger partial charge in [-0.2, -0.15) is 0 Å². The molecule has 0 aromatic carbocycles. The maximum absolute atomic E-state index is 12.7. The Morgan fingerprint density at radius 2 is 0.614 bits per heavy atom. The third-order valence-electron chi connectivity index (χ3n) is 11.9. The van der Waals surface area contributed by atoms with Crippen molar-refractivity contribution >= 4 is 17.9 Å². The number of hydrogen-bond donors (Lipinski definition) is 0. The van der Waals surface area contributed by atoms with Crippen LogP contribution in [0.5, 0.6) is 0 Å². The van der Waals surface area contributed by atoms with Gasteiger partial charge in [-0.25, -0.2) is 0 Å². The molecule has 2 atom stereocenters. The van der Waals surface area contributed by atoms with Crippen LogP contribution in [0.1, 0.15) is 285 Å². The van der Waals surface area contributed by atoms with Crippen LogP contribution in [-0.2, 0) is 28.6 Å². The molecule has 0 spiro atoms. The van der Waals surface area contributed by atoms with E-state index in [0.717, 1.165) is 63.7 Å². The lowest BCUT2D eigenvalue weighted by molar-refractivity contribution is -0.167. The first-order chi connectivity index (χ1) is 27.9. The minimum absolute atomic E-state index is 0.0634. The number of carbonyl (C=O) groups excluding carboxylic acids is 3. The predicted octanol–water partition coefficient (Wildman–Crippen LogP) is 16.3. The van der Waals surface area contributed by atoms with Crippen LogP contribution in [0.3, 0.4) is 0 Å². The molecule has 6 nitrogen and oxygen atoms in total. The van der Waals surface area contributed by atoms with Gasteiger partial charge in [0.1, 0.15) is 13.2 Å². The van der Waals surface area contributed by atoms with E-state index >= 15 is 0 Å². The number of rotatable bonds is 46. The number of esters is 3. The van der Waals surface area contributed by atoms with E-state index in [1.807, 2.05) is 0 Å². The third-order valence-corrected chi connectivity index (χ3v) is 11.9. The van der Waals surface area contributed by atoms with Gasteiger partial charge in [0.05, 0.1) is 0 Å². The normalized spacial score (nSPS) is 12.4. The molecule has 0 rings (SSSR count). The summed E-state index contributed by atoms with van der Waals surface area (Å²) in [5.74, 6) is -0.00450. The van der Waals surface area contributed by atoms with Crippen LogP contribution in [-0.4, -0.2) is 37.2 Å². The summed E-state index contributed by atoms with van der Waals surface area (Å²) in [5, 5.41) is 0. The van der Waals surface area contributed by atoms with Crippen LogP contribution in [0.2, 0.25) is 0 Å². The average Bonchev–Trinajstić information content (AvgIpc) is 3.21. The molecule has 0 aliphatic rings. The fraction of sp³-hybridized carbons (Fsp3) is 0.941. The molecule has 0 fully saturated rings. The molecule has 0 aliphatic heterocycles. The van der Waals surface area contributed by atoms with Gasteiger partial charge in [0.25, 0.3) is 0 Å². The molecule has 0 aromatic heterocycles. The maximum Gasteiger partial charge on any atom is 0.306 e. The Morgan fingerprint density at radius 1 is 0.351 bits per heavy atom. The molecule has 0 saturated heterocycles. The molecule has 57 heavy (non-hydrogen) atoms. The SMILES string of the molecule is CCCCCCCCCCCCCCCCCCCC(=O)OC[C@H](COC(=O)CCCCCCCCCCCC)OC(=O)CCCCCCCCCCC(C)CC. The summed E-state index contributed by atoms with van der Waals surface area (Å²) in [5.41, 5.74) is 0. The molecule has 0 saturated carbocycles. The standard InChI is InChI=1S/C51H98O6/c1-5-8-10-12-14-16-18-19-20-21-22-23-24-26-31-35-39-43-50(53)56-46-48(45-55-49(52)42-38-34-30-25-17-15-13-11-9-6-2)57-51(54)44-40-36-32-28-27-29-33-37-41-47(4)7-3/h47-48H,5-46H2,1-4H3/t47?,48-/m0/s1. The van der Waals surface area contributed by atoms with Gasteiger partial charge in [-0.15, -0.1) is 0 Å². The maximum atomic E-state index is 12.7. The lowest BCUT2D eigenvalue weighted by Gasteiger charge is -2.18. The molecule has 0 radical (unpaired) electrons. The predicted molar refractivity (Wildman–Crippen MR) is 243 cm³/mol. The Hall–Kier alpha value is -1.59. The van der Waals surface area contributed by atoms with Crippen molar-refractivity contribution in [2.45, 2.75) is 291 Å². The first-order valence-corrected chi connectivity index (χ1v) is 25.4. The zero-order valence-corrected chi connectivity index (χ0v) is 38.8. The van der Waals surface area contributed by atoms with Crippen LogP contribution in [0.15, 0.2) is 0 Å². The lowest BCUT2D eigenvalue weighted by Crippen LogP contribution is -2.30. The average molecular weight is 807 g/mol. The van der Waals surface area contributed by atoms with Crippen molar-refractivity contribution in [2.24, 2.45) is 5.92 Å². The minimum Gasteiger partial charge on any atom is -0.462 e. The van der Waals surface area contributed by atoms with E-state index in [1.54, 1.807) is 0 Å². The fourth-order valence-electron chi connectivity index (χ4n) is 7.66. The molecule has 0 aliphatic carbocycles. The highest BCUT2D eigenvalue weighted by Crippen LogP contribution is 2.17. The van der Waals surface area contributed by atoms with E-state index in [1.165, 1.54) is 180 Å². The van der Waals surface area contributed by atoms with E-state index < -0.39 is 6.10 Å². The largest absolute Gasteiger partial charge is 0.462 e. The van der Waals surface area contributed by atoms with Gasteiger partial charge in [0.2, 0.25) is 0 Å². The smallest absolute Gasteiger partial charge is 0.306 e. The van der Waals surface area contributed by atoms with Gasteiger partial charge < -0.3 is 14.2 Å². The van der Waals surface area contributed by atoms with Gasteiger partial charge in [0.15, 0.2) is 6.10 Å². The summed E-state index contributed by atoms with van der Waals surface area (Å²) in [6, 6.07) is 0. The Balaban J connectivity index is 4.27. The number of ether oxygens (including phenoxy) is 3. The highest BCUT2D eigenvalue weighted by molar-refractivity contribution is 5.71. The number of unbranched alkanes of at least 4 members (excludes halogenated alkanes) is 32. The monoisotopic (exact) mass is 807 g/mol. The van der Waals surface area contributed by atoms with Crippen LogP contribution in [0.4, 0.5) is 0 Å². The fourth-order valence-corrected chi connectivity index (χ4v) is 7.66. The Labute approximate surface area is 355 Å². The van der Waals surface area contributed by atoms with Gasteiger partial charge in [-0.05, 0) is 25.2 Å². The molecular formula is C51H98O6. The van der Waals surface area contributed by atoms with Crippen molar-refractivity contribution in [1.82, 2.24) is 0 Å². The van der Waals surface area contributed by atoms with Crippen molar-refractivity contribution < 1.29 is 28.6 Å². The zero-order valence-electron chi connectivity index (χ0n) is 38.8. The quantitative estimate of drug-likeness (QED) is 0.0346. The third kappa shape index (κ3) is 43.8. The van der Waals surface area contributed by atoms with E-state index in [0.29, 0.717) is 19.3 Å². The molecule has 0 amide bonds. The summed E-state index contributed by atoms with van der Waals surface area (Å²) in [7, 11) is 0. The molecule has 0 heterocycles. The zero-order chi connectivity index (χ0) is 41.7. The van der Waals surface area contributed by atoms with E-state index in [4.69, 9.17) is 14.2 Å². The summed E-state index contributed by atoms with van der Waals surface area (Å²) in [6.45, 7) is 9.01. The van der Waals surface area contributed by atoms with Crippen molar-refractivity contribution in [1.29, 1.82) is 0 Å². The molecular weight excluding hydrogens is 709 g/mol. The second kappa shape index (κ2) is 45.5. The number of hydrogen-bond acceptors (Lipinski definition) is 6.